The molecule has 0 saturated carbocycles. The number of rotatable bonds is 8. The Balaban J connectivity index is 1.43. The molecule has 0 aliphatic rings. The predicted molar refractivity (Wildman–Crippen MR) is 121 cm³/mol. The molecular formula is C23H21ClN4O4. The first kappa shape index (κ1) is 21.6. The third kappa shape index (κ3) is 4.50. The largest absolute Gasteiger partial charge is 0.496 e. The summed E-state index contributed by atoms with van der Waals surface area (Å²) in [6.45, 7) is 0.642. The number of aromatic nitrogens is 3. The summed E-state index contributed by atoms with van der Waals surface area (Å²) in [5.74, 6) is 0.624. The van der Waals surface area contributed by atoms with E-state index in [-0.39, 0.29) is 35.5 Å². The number of methoxy groups -OCH3 is 1. The molecule has 0 unspecified atom stereocenters. The number of nitrogens with one attached hydrogen (secondary N) is 1. The quantitative estimate of drug-likeness (QED) is 0.439. The number of hydrogen-bond donors (Lipinski definition) is 1. The number of fused-ring (bicyclic) bond motifs is 1. The summed E-state index contributed by atoms with van der Waals surface area (Å²) >= 11 is 6.25. The first-order chi connectivity index (χ1) is 15.6. The Hall–Kier alpha value is -3.65. The molecule has 32 heavy (non-hydrogen) atoms. The highest BCUT2D eigenvalue weighted by Gasteiger charge is 2.19. The van der Waals surface area contributed by atoms with E-state index in [0.29, 0.717) is 29.2 Å². The molecule has 2 heterocycles. The smallest absolute Gasteiger partial charge is 0.266 e. The van der Waals surface area contributed by atoms with Crippen LogP contribution in [0, 0.1) is 0 Å². The number of carbonyl (C=O) groups excluding carboxylic acids is 1. The van der Waals surface area contributed by atoms with Crippen LogP contribution in [-0.4, -0.2) is 34.3 Å². The van der Waals surface area contributed by atoms with E-state index in [1.165, 1.54) is 10.9 Å². The van der Waals surface area contributed by atoms with Gasteiger partial charge in [0.2, 0.25) is 5.91 Å². The van der Waals surface area contributed by atoms with E-state index in [1.807, 2.05) is 24.3 Å². The molecule has 2 aromatic heterocycles. The molecule has 1 amide bonds. The van der Waals surface area contributed by atoms with Crippen molar-refractivity contribution in [1.29, 1.82) is 0 Å². The zero-order valence-electron chi connectivity index (χ0n) is 17.4. The van der Waals surface area contributed by atoms with Gasteiger partial charge in [0.25, 0.3) is 11.3 Å². The van der Waals surface area contributed by atoms with Gasteiger partial charge in [-0.1, -0.05) is 53.2 Å². The van der Waals surface area contributed by atoms with E-state index in [0.717, 1.165) is 11.3 Å². The zero-order valence-corrected chi connectivity index (χ0v) is 18.1. The maximum atomic E-state index is 13.0. The fourth-order valence-corrected chi connectivity index (χ4v) is 3.66. The second kappa shape index (κ2) is 9.65. The van der Waals surface area contributed by atoms with E-state index < -0.39 is 0 Å². The number of nitrogens with zero attached hydrogens (tertiary/aromatic N) is 3. The fourth-order valence-electron chi connectivity index (χ4n) is 3.43. The third-order valence-electron chi connectivity index (χ3n) is 5.08. The molecule has 0 bridgehead atoms. The Morgan fingerprint density at radius 1 is 1.19 bits per heavy atom. The van der Waals surface area contributed by atoms with Gasteiger partial charge in [-0.15, -0.1) is 0 Å². The second-order valence-corrected chi connectivity index (χ2v) is 7.50. The molecule has 164 valence electrons. The molecule has 0 radical (unpaired) electrons. The van der Waals surface area contributed by atoms with Crippen molar-refractivity contribution >= 4 is 28.6 Å². The van der Waals surface area contributed by atoms with E-state index in [4.69, 9.17) is 20.9 Å². The van der Waals surface area contributed by atoms with Gasteiger partial charge in [-0.2, -0.15) is 0 Å². The number of benzene rings is 2. The number of ether oxygens (including phenoxy) is 1. The van der Waals surface area contributed by atoms with Crippen molar-refractivity contribution < 1.29 is 14.1 Å². The molecule has 8 nitrogen and oxygen atoms in total. The lowest BCUT2D eigenvalue weighted by Gasteiger charge is -2.09. The van der Waals surface area contributed by atoms with Gasteiger partial charge in [-0.25, -0.2) is 4.98 Å². The summed E-state index contributed by atoms with van der Waals surface area (Å²) in [7, 11) is 1.62. The fraction of sp³-hybridized carbons (Fsp3) is 0.217. The monoisotopic (exact) mass is 452 g/mol. The lowest BCUT2D eigenvalue weighted by Crippen LogP contribution is -2.29. The van der Waals surface area contributed by atoms with Crippen molar-refractivity contribution in [1.82, 2.24) is 20.0 Å². The van der Waals surface area contributed by atoms with Gasteiger partial charge in [-0.3, -0.25) is 14.2 Å². The minimum Gasteiger partial charge on any atom is -0.496 e. The highest BCUT2D eigenvalue weighted by atomic mass is 35.5. The summed E-state index contributed by atoms with van der Waals surface area (Å²) in [5, 5.41) is 7.54. The number of hydrogen-bond acceptors (Lipinski definition) is 6. The van der Waals surface area contributed by atoms with Crippen LogP contribution in [-0.2, 0) is 17.8 Å². The summed E-state index contributed by atoms with van der Waals surface area (Å²) < 4.78 is 11.9. The Kier molecular flexibility index (Phi) is 6.51. The molecule has 4 rings (SSSR count). The SMILES string of the molecule is COc1ccccc1CCNC(=O)CCn1cnc2onc(-c3ccccc3Cl)c2c1=O. The van der Waals surface area contributed by atoms with Gasteiger partial charge in [-0.05, 0) is 24.1 Å². The number of amides is 1. The molecule has 0 aliphatic carbocycles. The van der Waals surface area contributed by atoms with Gasteiger partial charge >= 0.3 is 0 Å². The van der Waals surface area contributed by atoms with Crippen LogP contribution in [0.4, 0.5) is 0 Å². The average Bonchev–Trinajstić information content (AvgIpc) is 3.24. The highest BCUT2D eigenvalue weighted by molar-refractivity contribution is 6.33. The standard InChI is InChI=1S/C23H21ClN4O4/c1-31-18-9-5-2-6-15(18)10-12-25-19(29)11-13-28-14-26-22-20(23(28)30)21(27-32-22)16-7-3-4-8-17(16)24/h2-9,14H,10-13H2,1H3,(H,25,29). The van der Waals surface area contributed by atoms with Crippen molar-refractivity contribution in [2.75, 3.05) is 13.7 Å². The Labute approximate surface area is 188 Å². The predicted octanol–water partition coefficient (Wildman–Crippen LogP) is 3.46. The van der Waals surface area contributed by atoms with Gasteiger partial charge in [0, 0.05) is 25.1 Å². The summed E-state index contributed by atoms with van der Waals surface area (Å²) in [6, 6.07) is 14.7. The summed E-state index contributed by atoms with van der Waals surface area (Å²) in [6.07, 6.45) is 2.13. The molecule has 0 fully saturated rings. The summed E-state index contributed by atoms with van der Waals surface area (Å²) in [4.78, 5) is 29.5. The van der Waals surface area contributed by atoms with Crippen LogP contribution in [0.2, 0.25) is 5.02 Å². The van der Waals surface area contributed by atoms with Crippen LogP contribution in [0.15, 0.2) is 64.2 Å². The average molecular weight is 453 g/mol. The molecule has 0 aliphatic heterocycles. The molecular weight excluding hydrogens is 432 g/mol. The molecule has 0 spiro atoms. The number of halogens is 1. The van der Waals surface area contributed by atoms with Gasteiger partial charge in [0.05, 0.1) is 12.1 Å². The lowest BCUT2D eigenvalue weighted by atomic mass is 10.1. The Morgan fingerprint density at radius 3 is 2.78 bits per heavy atom. The molecule has 0 saturated heterocycles. The van der Waals surface area contributed by atoms with E-state index >= 15 is 0 Å². The topological polar surface area (TPSA) is 99.2 Å². The lowest BCUT2D eigenvalue weighted by molar-refractivity contribution is -0.121. The molecule has 4 aromatic rings. The number of carbonyl (C=O) groups is 1. The number of para-hydroxylation sites is 1. The van der Waals surface area contributed by atoms with Crippen LogP contribution < -0.4 is 15.6 Å². The molecule has 1 N–H and O–H groups in total. The van der Waals surface area contributed by atoms with Crippen LogP contribution in [0.5, 0.6) is 5.75 Å². The van der Waals surface area contributed by atoms with Crippen molar-refractivity contribution in [2.45, 2.75) is 19.4 Å². The van der Waals surface area contributed by atoms with Gasteiger partial charge in [0.1, 0.15) is 23.2 Å². The van der Waals surface area contributed by atoms with Crippen LogP contribution in [0.3, 0.4) is 0 Å². The zero-order chi connectivity index (χ0) is 22.5. The minimum atomic E-state index is -0.340. The Morgan fingerprint density at radius 2 is 1.97 bits per heavy atom. The third-order valence-corrected chi connectivity index (χ3v) is 5.41. The highest BCUT2D eigenvalue weighted by Crippen LogP contribution is 2.30. The van der Waals surface area contributed by atoms with E-state index in [2.05, 4.69) is 15.5 Å². The van der Waals surface area contributed by atoms with Crippen LogP contribution in [0.1, 0.15) is 12.0 Å². The maximum Gasteiger partial charge on any atom is 0.266 e. The maximum absolute atomic E-state index is 13.0. The van der Waals surface area contributed by atoms with E-state index in [1.54, 1.807) is 31.4 Å². The van der Waals surface area contributed by atoms with Gasteiger partial charge in [0.15, 0.2) is 0 Å². The molecule has 2 aromatic carbocycles. The first-order valence-corrected chi connectivity index (χ1v) is 10.4. The first-order valence-electron chi connectivity index (χ1n) is 10.1. The van der Waals surface area contributed by atoms with Crippen molar-refractivity contribution in [3.63, 3.8) is 0 Å². The van der Waals surface area contributed by atoms with Crippen molar-refractivity contribution in [3.05, 3.63) is 75.8 Å². The van der Waals surface area contributed by atoms with Crippen LogP contribution in [0.25, 0.3) is 22.4 Å². The van der Waals surface area contributed by atoms with Crippen LogP contribution >= 0.6 is 11.6 Å². The number of aryl methyl sites for hydroxylation is 1. The van der Waals surface area contributed by atoms with Crippen molar-refractivity contribution in [2.24, 2.45) is 0 Å². The Bertz CT molecular complexity index is 1310. The normalized spacial score (nSPS) is 10.9. The van der Waals surface area contributed by atoms with Gasteiger partial charge < -0.3 is 14.6 Å². The minimum absolute atomic E-state index is 0.127. The second-order valence-electron chi connectivity index (χ2n) is 7.10. The van der Waals surface area contributed by atoms with Crippen molar-refractivity contribution in [3.8, 4) is 17.0 Å². The molecule has 0 atom stereocenters. The van der Waals surface area contributed by atoms with E-state index in [9.17, 15) is 9.59 Å². The molecule has 9 heteroatoms. The summed E-state index contributed by atoms with van der Waals surface area (Å²) in [5.41, 5.74) is 1.72.